The van der Waals surface area contributed by atoms with Gasteiger partial charge in [-0.2, -0.15) is 0 Å². The van der Waals surface area contributed by atoms with Crippen molar-refractivity contribution in [2.75, 3.05) is 19.4 Å². The standard InChI is InChI=1S/C16H17ClFN3O2/c1-20(2)10-12-7-11(3-5-15(12)18)9-19-16-6-4-13(21(22)23)8-14(16)17/h3-8,19H,9-10H2,1-2H3. The van der Waals surface area contributed by atoms with Gasteiger partial charge < -0.3 is 10.2 Å². The molecule has 0 atom stereocenters. The van der Waals surface area contributed by atoms with Crippen molar-refractivity contribution in [3.8, 4) is 0 Å². The number of halogens is 2. The van der Waals surface area contributed by atoms with Gasteiger partial charge in [-0.25, -0.2) is 4.39 Å². The third kappa shape index (κ3) is 4.64. The first-order valence-electron chi connectivity index (χ1n) is 6.96. The summed E-state index contributed by atoms with van der Waals surface area (Å²) in [6.07, 6.45) is 0. The lowest BCUT2D eigenvalue weighted by molar-refractivity contribution is -0.384. The van der Waals surface area contributed by atoms with Crippen LogP contribution in [0.2, 0.25) is 5.02 Å². The minimum Gasteiger partial charge on any atom is -0.380 e. The zero-order valence-corrected chi connectivity index (χ0v) is 13.6. The van der Waals surface area contributed by atoms with E-state index in [9.17, 15) is 14.5 Å². The van der Waals surface area contributed by atoms with Gasteiger partial charge in [0.25, 0.3) is 5.69 Å². The molecule has 0 aliphatic rings. The first-order valence-corrected chi connectivity index (χ1v) is 7.34. The monoisotopic (exact) mass is 337 g/mol. The number of hydrogen-bond acceptors (Lipinski definition) is 4. The number of rotatable bonds is 6. The minimum absolute atomic E-state index is 0.0596. The van der Waals surface area contributed by atoms with E-state index in [-0.39, 0.29) is 16.5 Å². The Balaban J connectivity index is 2.10. The molecule has 0 fully saturated rings. The van der Waals surface area contributed by atoms with Crippen molar-refractivity contribution >= 4 is 23.0 Å². The van der Waals surface area contributed by atoms with Crippen LogP contribution >= 0.6 is 11.6 Å². The molecule has 0 aromatic heterocycles. The van der Waals surface area contributed by atoms with Gasteiger partial charge in [0.05, 0.1) is 15.6 Å². The molecule has 0 aliphatic heterocycles. The summed E-state index contributed by atoms with van der Waals surface area (Å²) in [6.45, 7) is 0.955. The molecule has 1 N–H and O–H groups in total. The summed E-state index contributed by atoms with van der Waals surface area (Å²) in [7, 11) is 3.75. The van der Waals surface area contributed by atoms with Crippen LogP contribution in [0.3, 0.4) is 0 Å². The van der Waals surface area contributed by atoms with Crippen LogP contribution < -0.4 is 5.32 Å². The second-order valence-electron chi connectivity index (χ2n) is 5.44. The molecule has 23 heavy (non-hydrogen) atoms. The maximum atomic E-state index is 13.7. The van der Waals surface area contributed by atoms with Gasteiger partial charge in [-0.05, 0) is 37.9 Å². The predicted octanol–water partition coefficient (Wildman–Crippen LogP) is 4.06. The summed E-state index contributed by atoms with van der Waals surface area (Å²) >= 11 is 6.03. The molecule has 0 amide bonds. The third-order valence-electron chi connectivity index (χ3n) is 3.24. The van der Waals surface area contributed by atoms with Crippen LogP contribution in [0, 0.1) is 15.9 Å². The second kappa shape index (κ2) is 7.39. The molecule has 122 valence electrons. The van der Waals surface area contributed by atoms with E-state index in [1.165, 1.54) is 18.2 Å². The van der Waals surface area contributed by atoms with Gasteiger partial charge >= 0.3 is 0 Å². The molecule has 0 aliphatic carbocycles. The highest BCUT2D eigenvalue weighted by molar-refractivity contribution is 6.33. The summed E-state index contributed by atoms with van der Waals surface area (Å²) in [5, 5.41) is 14.1. The molecule has 5 nitrogen and oxygen atoms in total. The Morgan fingerprint density at radius 2 is 2.00 bits per heavy atom. The zero-order chi connectivity index (χ0) is 17.0. The number of nitrogens with one attached hydrogen (secondary N) is 1. The first-order chi connectivity index (χ1) is 10.9. The van der Waals surface area contributed by atoms with Crippen molar-refractivity contribution in [1.82, 2.24) is 4.90 Å². The molecular formula is C16H17ClFN3O2. The number of anilines is 1. The predicted molar refractivity (Wildman–Crippen MR) is 89.2 cm³/mol. The van der Waals surface area contributed by atoms with E-state index in [0.29, 0.717) is 24.3 Å². The van der Waals surface area contributed by atoms with Gasteiger partial charge in [0.2, 0.25) is 0 Å². The fraction of sp³-hybridized carbons (Fsp3) is 0.250. The van der Waals surface area contributed by atoms with E-state index in [4.69, 9.17) is 11.6 Å². The quantitative estimate of drug-likeness (QED) is 0.638. The Labute approximate surface area is 138 Å². The largest absolute Gasteiger partial charge is 0.380 e. The average molecular weight is 338 g/mol. The SMILES string of the molecule is CN(C)Cc1cc(CNc2ccc([N+](=O)[O-])cc2Cl)ccc1F. The highest BCUT2D eigenvalue weighted by atomic mass is 35.5. The van der Waals surface area contributed by atoms with E-state index in [0.717, 1.165) is 5.56 Å². The van der Waals surface area contributed by atoms with E-state index in [1.807, 2.05) is 19.0 Å². The lowest BCUT2D eigenvalue weighted by atomic mass is 10.1. The van der Waals surface area contributed by atoms with Crippen molar-refractivity contribution in [2.45, 2.75) is 13.1 Å². The van der Waals surface area contributed by atoms with Crippen LogP contribution in [0.1, 0.15) is 11.1 Å². The van der Waals surface area contributed by atoms with Gasteiger partial charge in [-0.3, -0.25) is 10.1 Å². The topological polar surface area (TPSA) is 58.4 Å². The first kappa shape index (κ1) is 17.2. The molecule has 0 spiro atoms. The lowest BCUT2D eigenvalue weighted by Crippen LogP contribution is -2.12. The Morgan fingerprint density at radius 1 is 1.26 bits per heavy atom. The number of non-ortho nitro benzene ring substituents is 1. The summed E-state index contributed by atoms with van der Waals surface area (Å²) in [5.41, 5.74) is 2.05. The van der Waals surface area contributed by atoms with Crippen molar-refractivity contribution < 1.29 is 9.31 Å². The molecule has 0 heterocycles. The van der Waals surface area contributed by atoms with Gasteiger partial charge in [-0.1, -0.05) is 17.7 Å². The Hall–Kier alpha value is -2.18. The Bertz CT molecular complexity index is 722. The van der Waals surface area contributed by atoms with Crippen molar-refractivity contribution in [1.29, 1.82) is 0 Å². The summed E-state index contributed by atoms with van der Waals surface area (Å²) in [5.74, 6) is -0.240. The van der Waals surface area contributed by atoms with Crippen LogP contribution in [0.5, 0.6) is 0 Å². The number of benzene rings is 2. The maximum Gasteiger partial charge on any atom is 0.271 e. The van der Waals surface area contributed by atoms with Gasteiger partial charge in [0.1, 0.15) is 5.82 Å². The fourth-order valence-corrected chi connectivity index (χ4v) is 2.40. The molecule has 0 saturated carbocycles. The molecule has 0 bridgehead atoms. The average Bonchev–Trinajstić information content (AvgIpc) is 2.48. The van der Waals surface area contributed by atoms with Crippen molar-refractivity contribution in [3.63, 3.8) is 0 Å². The minimum atomic E-state index is -0.497. The lowest BCUT2D eigenvalue weighted by Gasteiger charge is -2.13. The van der Waals surface area contributed by atoms with E-state index in [2.05, 4.69) is 5.32 Å². The highest BCUT2D eigenvalue weighted by Gasteiger charge is 2.10. The number of nitro benzene ring substituents is 1. The van der Waals surface area contributed by atoms with Crippen LogP contribution in [-0.2, 0) is 13.1 Å². The second-order valence-corrected chi connectivity index (χ2v) is 5.85. The highest BCUT2D eigenvalue weighted by Crippen LogP contribution is 2.27. The molecule has 0 radical (unpaired) electrons. The maximum absolute atomic E-state index is 13.7. The van der Waals surface area contributed by atoms with Gasteiger partial charge in [0.15, 0.2) is 0 Å². The van der Waals surface area contributed by atoms with Crippen molar-refractivity contribution in [3.05, 3.63) is 68.5 Å². The Morgan fingerprint density at radius 3 is 2.61 bits per heavy atom. The fourth-order valence-electron chi connectivity index (χ4n) is 2.16. The van der Waals surface area contributed by atoms with Crippen LogP contribution in [-0.4, -0.2) is 23.9 Å². The number of nitro groups is 1. The molecule has 0 saturated heterocycles. The van der Waals surface area contributed by atoms with E-state index >= 15 is 0 Å². The summed E-state index contributed by atoms with van der Waals surface area (Å²) in [6, 6.07) is 9.17. The molecule has 2 rings (SSSR count). The van der Waals surface area contributed by atoms with Gasteiger partial charge in [0, 0.05) is 30.8 Å². The molecular weight excluding hydrogens is 321 g/mol. The number of hydrogen-bond donors (Lipinski definition) is 1. The van der Waals surface area contributed by atoms with E-state index < -0.39 is 4.92 Å². The third-order valence-corrected chi connectivity index (χ3v) is 3.56. The van der Waals surface area contributed by atoms with Gasteiger partial charge in [-0.15, -0.1) is 0 Å². The molecule has 0 unspecified atom stereocenters. The molecule has 2 aromatic carbocycles. The molecule has 2 aromatic rings. The van der Waals surface area contributed by atoms with Crippen LogP contribution in [0.25, 0.3) is 0 Å². The molecule has 7 heteroatoms. The summed E-state index contributed by atoms with van der Waals surface area (Å²) in [4.78, 5) is 12.1. The van der Waals surface area contributed by atoms with E-state index in [1.54, 1.807) is 18.2 Å². The van der Waals surface area contributed by atoms with Crippen LogP contribution in [0.15, 0.2) is 36.4 Å². The smallest absolute Gasteiger partial charge is 0.271 e. The normalized spacial score (nSPS) is 10.8. The Kier molecular flexibility index (Phi) is 5.52. The van der Waals surface area contributed by atoms with Crippen molar-refractivity contribution in [2.24, 2.45) is 0 Å². The zero-order valence-electron chi connectivity index (χ0n) is 12.8. The number of nitrogens with zero attached hydrogens (tertiary/aromatic N) is 2. The van der Waals surface area contributed by atoms with Crippen LogP contribution in [0.4, 0.5) is 15.8 Å². The summed E-state index contributed by atoms with van der Waals surface area (Å²) < 4.78 is 13.7.